The molecule has 2 amide bonds. The summed E-state index contributed by atoms with van der Waals surface area (Å²) in [6.07, 6.45) is 1.16. The molecule has 0 saturated heterocycles. The van der Waals surface area contributed by atoms with E-state index >= 15 is 0 Å². The number of hydrogen-bond donors (Lipinski definition) is 2. The molecule has 0 heterocycles. The van der Waals surface area contributed by atoms with Gasteiger partial charge in [-0.25, -0.2) is 10.2 Å². The Balaban J connectivity index is 2.07. The fourth-order valence-corrected chi connectivity index (χ4v) is 2.87. The van der Waals surface area contributed by atoms with Gasteiger partial charge in [-0.3, -0.25) is 4.79 Å². The van der Waals surface area contributed by atoms with E-state index in [0.717, 1.165) is 11.1 Å². The maximum absolute atomic E-state index is 12.7. The molecule has 0 radical (unpaired) electrons. The van der Waals surface area contributed by atoms with Crippen molar-refractivity contribution in [2.75, 3.05) is 19.8 Å². The van der Waals surface area contributed by atoms with Crippen LogP contribution in [-0.2, 0) is 16.0 Å². The van der Waals surface area contributed by atoms with Gasteiger partial charge in [0.25, 0.3) is 5.91 Å². The van der Waals surface area contributed by atoms with Gasteiger partial charge in [-0.2, -0.15) is 5.10 Å². The first-order chi connectivity index (χ1) is 15.9. The Kier molecular flexibility index (Phi) is 10.7. The minimum absolute atomic E-state index is 0.211. The van der Waals surface area contributed by atoms with E-state index in [2.05, 4.69) is 29.7 Å². The third-order valence-electron chi connectivity index (χ3n) is 4.39. The molecule has 2 N–H and O–H groups in total. The zero-order chi connectivity index (χ0) is 24.1. The zero-order valence-electron chi connectivity index (χ0n) is 19.7. The van der Waals surface area contributed by atoms with E-state index in [1.807, 2.05) is 49.4 Å². The SMILES string of the molecule is CCOC(=O)N[C@H](Cc1ccccc1)C(=O)N/N=C\c1ccc(OCC(C)C)c(OCC)c1. The van der Waals surface area contributed by atoms with Crippen molar-refractivity contribution in [3.05, 3.63) is 59.7 Å². The largest absolute Gasteiger partial charge is 0.490 e. The lowest BCUT2D eigenvalue weighted by molar-refractivity contribution is -0.123. The Labute approximate surface area is 195 Å². The molecule has 178 valence electrons. The molecule has 0 aromatic heterocycles. The fourth-order valence-electron chi connectivity index (χ4n) is 2.87. The predicted octanol–water partition coefficient (Wildman–Crippen LogP) is 3.93. The van der Waals surface area contributed by atoms with Gasteiger partial charge in [0.1, 0.15) is 6.04 Å². The Morgan fingerprint density at radius 1 is 1.00 bits per heavy atom. The highest BCUT2D eigenvalue weighted by Gasteiger charge is 2.21. The van der Waals surface area contributed by atoms with Gasteiger partial charge in [-0.1, -0.05) is 44.2 Å². The van der Waals surface area contributed by atoms with Crippen molar-refractivity contribution >= 4 is 18.2 Å². The molecule has 33 heavy (non-hydrogen) atoms. The highest BCUT2D eigenvalue weighted by atomic mass is 16.5. The highest BCUT2D eigenvalue weighted by Crippen LogP contribution is 2.28. The number of alkyl carbamates (subject to hydrolysis) is 1. The maximum atomic E-state index is 12.7. The van der Waals surface area contributed by atoms with Gasteiger partial charge >= 0.3 is 6.09 Å². The van der Waals surface area contributed by atoms with Crippen molar-refractivity contribution in [2.24, 2.45) is 11.0 Å². The number of amides is 2. The molecule has 0 aliphatic carbocycles. The number of carbonyl (C=O) groups is 2. The van der Waals surface area contributed by atoms with Crippen LogP contribution in [0.4, 0.5) is 4.79 Å². The minimum atomic E-state index is -0.839. The molecular weight excluding hydrogens is 422 g/mol. The number of hydrazone groups is 1. The number of carbonyl (C=O) groups excluding carboxylic acids is 2. The van der Waals surface area contributed by atoms with Crippen LogP contribution in [0.5, 0.6) is 11.5 Å². The van der Waals surface area contributed by atoms with E-state index in [-0.39, 0.29) is 6.61 Å². The molecule has 2 rings (SSSR count). The Morgan fingerprint density at radius 3 is 2.42 bits per heavy atom. The smallest absolute Gasteiger partial charge is 0.407 e. The molecule has 0 aliphatic heterocycles. The van der Waals surface area contributed by atoms with Crippen molar-refractivity contribution in [1.82, 2.24) is 10.7 Å². The summed E-state index contributed by atoms with van der Waals surface area (Å²) in [5, 5.41) is 6.64. The average molecular weight is 456 g/mol. The van der Waals surface area contributed by atoms with Gasteiger partial charge in [-0.05, 0) is 49.1 Å². The lowest BCUT2D eigenvalue weighted by Crippen LogP contribution is -2.47. The maximum Gasteiger partial charge on any atom is 0.407 e. The van der Waals surface area contributed by atoms with Gasteiger partial charge in [0.05, 0.1) is 26.0 Å². The number of rotatable bonds is 12. The summed E-state index contributed by atoms with van der Waals surface area (Å²) < 4.78 is 16.4. The van der Waals surface area contributed by atoms with E-state index < -0.39 is 18.0 Å². The standard InChI is InChI=1S/C25H33N3O5/c1-5-31-23-15-20(12-13-22(23)33-17-18(3)4)16-26-28-24(29)21(27-25(30)32-6-2)14-19-10-8-7-9-11-19/h7-13,15-16,18,21H,5-6,14,17H2,1-4H3,(H,27,30)(H,28,29)/b26-16-/t21-/m1/s1. The lowest BCUT2D eigenvalue weighted by atomic mass is 10.1. The molecular formula is C25H33N3O5. The minimum Gasteiger partial charge on any atom is -0.490 e. The first-order valence-electron chi connectivity index (χ1n) is 11.1. The van der Waals surface area contributed by atoms with Crippen LogP contribution in [0, 0.1) is 5.92 Å². The summed E-state index contributed by atoms with van der Waals surface area (Å²) in [6.45, 7) is 9.04. The number of ether oxygens (including phenoxy) is 3. The van der Waals surface area contributed by atoms with Crippen LogP contribution >= 0.6 is 0 Å². The summed E-state index contributed by atoms with van der Waals surface area (Å²) in [7, 11) is 0. The second-order valence-corrected chi connectivity index (χ2v) is 7.69. The van der Waals surface area contributed by atoms with Crippen LogP contribution in [0.2, 0.25) is 0 Å². The quantitative estimate of drug-likeness (QED) is 0.373. The van der Waals surface area contributed by atoms with Crippen LogP contribution in [0.25, 0.3) is 0 Å². The number of benzene rings is 2. The molecule has 0 aliphatic rings. The second-order valence-electron chi connectivity index (χ2n) is 7.69. The second kappa shape index (κ2) is 13.8. The highest BCUT2D eigenvalue weighted by molar-refractivity contribution is 5.87. The molecule has 0 saturated carbocycles. The average Bonchev–Trinajstić information content (AvgIpc) is 2.79. The number of hydrogen-bond acceptors (Lipinski definition) is 6. The van der Waals surface area contributed by atoms with Crippen LogP contribution in [-0.4, -0.2) is 44.1 Å². The van der Waals surface area contributed by atoms with Gasteiger partial charge in [0.2, 0.25) is 0 Å². The summed E-state index contributed by atoms with van der Waals surface area (Å²) >= 11 is 0. The van der Waals surface area contributed by atoms with Crippen molar-refractivity contribution in [1.29, 1.82) is 0 Å². The topological polar surface area (TPSA) is 98.2 Å². The van der Waals surface area contributed by atoms with Gasteiger partial charge in [0.15, 0.2) is 11.5 Å². The number of nitrogens with one attached hydrogen (secondary N) is 2. The van der Waals surface area contributed by atoms with Crippen LogP contribution in [0.15, 0.2) is 53.6 Å². The molecule has 0 bridgehead atoms. The molecule has 2 aromatic rings. The molecule has 8 heteroatoms. The zero-order valence-corrected chi connectivity index (χ0v) is 19.7. The van der Waals surface area contributed by atoms with E-state index in [1.165, 1.54) is 6.21 Å². The first kappa shape index (κ1) is 25.7. The molecule has 2 aromatic carbocycles. The summed E-state index contributed by atoms with van der Waals surface area (Å²) in [4.78, 5) is 24.6. The lowest BCUT2D eigenvalue weighted by Gasteiger charge is -2.17. The fraction of sp³-hybridized carbons (Fsp3) is 0.400. The molecule has 8 nitrogen and oxygen atoms in total. The monoisotopic (exact) mass is 455 g/mol. The van der Waals surface area contributed by atoms with Crippen molar-refractivity contribution in [3.63, 3.8) is 0 Å². The van der Waals surface area contributed by atoms with Gasteiger partial charge in [-0.15, -0.1) is 0 Å². The van der Waals surface area contributed by atoms with E-state index in [4.69, 9.17) is 14.2 Å². The summed E-state index contributed by atoms with van der Waals surface area (Å²) in [6, 6.07) is 14.0. The Hall–Kier alpha value is -3.55. The third-order valence-corrected chi connectivity index (χ3v) is 4.39. The van der Waals surface area contributed by atoms with Crippen LogP contribution in [0.3, 0.4) is 0 Å². The van der Waals surface area contributed by atoms with E-state index in [9.17, 15) is 9.59 Å². The van der Waals surface area contributed by atoms with E-state index in [0.29, 0.717) is 37.1 Å². The van der Waals surface area contributed by atoms with Gasteiger partial charge in [0, 0.05) is 6.42 Å². The Morgan fingerprint density at radius 2 is 1.76 bits per heavy atom. The molecule has 0 spiro atoms. The van der Waals surface area contributed by atoms with Crippen LogP contribution < -0.4 is 20.2 Å². The van der Waals surface area contributed by atoms with Gasteiger partial charge < -0.3 is 19.5 Å². The van der Waals surface area contributed by atoms with Crippen LogP contribution in [0.1, 0.15) is 38.8 Å². The molecule has 0 fully saturated rings. The summed E-state index contributed by atoms with van der Waals surface area (Å²) in [5.74, 6) is 1.21. The van der Waals surface area contributed by atoms with Crippen molar-refractivity contribution < 1.29 is 23.8 Å². The predicted molar refractivity (Wildman–Crippen MR) is 128 cm³/mol. The first-order valence-corrected chi connectivity index (χ1v) is 11.1. The summed E-state index contributed by atoms with van der Waals surface area (Å²) in [5.41, 5.74) is 4.12. The number of nitrogens with zero attached hydrogens (tertiary/aromatic N) is 1. The Bertz CT molecular complexity index is 916. The molecule has 1 atom stereocenters. The van der Waals surface area contributed by atoms with Crippen molar-refractivity contribution in [2.45, 2.75) is 40.2 Å². The normalized spacial score (nSPS) is 11.8. The van der Waals surface area contributed by atoms with E-state index in [1.54, 1.807) is 13.0 Å². The third kappa shape index (κ3) is 9.22. The molecule has 0 unspecified atom stereocenters. The van der Waals surface area contributed by atoms with Crippen molar-refractivity contribution in [3.8, 4) is 11.5 Å².